The summed E-state index contributed by atoms with van der Waals surface area (Å²) in [6.45, 7) is 9.94. The van der Waals surface area contributed by atoms with Gasteiger partial charge in [-0.3, -0.25) is 0 Å². The van der Waals surface area contributed by atoms with E-state index in [1.165, 1.54) is 0 Å². The van der Waals surface area contributed by atoms with Gasteiger partial charge in [0.25, 0.3) is 0 Å². The van der Waals surface area contributed by atoms with Crippen LogP contribution >= 0.6 is 0 Å². The summed E-state index contributed by atoms with van der Waals surface area (Å²) in [4.78, 5) is 21.4. The van der Waals surface area contributed by atoms with E-state index in [2.05, 4.69) is 281 Å². The van der Waals surface area contributed by atoms with Crippen LogP contribution in [0.2, 0.25) is 0 Å². The quantitative estimate of drug-likeness (QED) is 0.127. The fourth-order valence-corrected chi connectivity index (χ4v) is 16.0. The molecular formula is C94H55N7O2. The first-order valence-electron chi connectivity index (χ1n) is 34.6. The summed E-state index contributed by atoms with van der Waals surface area (Å²) in [7, 11) is 0. The Morgan fingerprint density at radius 2 is 0.573 bits per heavy atom. The van der Waals surface area contributed by atoms with Gasteiger partial charge in [0.05, 0.1) is 67.5 Å². The molecule has 0 aliphatic heterocycles. The topological polar surface area (TPSA) is 84.1 Å². The molecule has 0 N–H and O–H groups in total. The van der Waals surface area contributed by atoms with E-state index < -0.39 is 0 Å². The van der Waals surface area contributed by atoms with Crippen molar-refractivity contribution in [2.24, 2.45) is 0 Å². The minimum Gasteiger partial charge on any atom is -0.455 e. The molecule has 0 saturated carbocycles. The van der Waals surface area contributed by atoms with Crippen molar-refractivity contribution in [2.45, 2.75) is 0 Å². The first-order chi connectivity index (χ1) is 51.0. The number of nitrogens with zero attached hydrogens (tertiary/aromatic N) is 7. The fraction of sp³-hybridized carbons (Fsp3) is 0. The van der Waals surface area contributed by atoms with Gasteiger partial charge < -0.3 is 22.5 Å². The molecule has 0 spiro atoms. The van der Waals surface area contributed by atoms with E-state index in [1.54, 1.807) is 0 Å². The number of aromatic nitrogens is 6. The standard InChI is InChI=1S/C94H55N7O2/c1-95-76-56-75(94-97-92(61-32-16-6-17-33-61)96-93(98-94)62-34-18-7-19-35-62)87(100-79-46-40-63(57-24-8-2-9-25-57)54-73(79)85-81(100)48-44-69-71-52-65(59-28-12-4-13-29-59)42-50-83(71)102-90(69)85)89(99-77-38-22-20-36-67(77)68-37-21-23-39-78(68)99)88(76)101-80-47-41-64(58-26-10-3-11-27-58)55-74(80)86-82(101)49-45-70-72-53-66(60-30-14-5-15-31-60)43-51-84(72)103-91(70)86/h2-56H. The minimum atomic E-state index is 0.364. The molecule has 0 atom stereocenters. The lowest BCUT2D eigenvalue weighted by Crippen LogP contribution is -2.12. The molecular weight excluding hydrogens is 1260 g/mol. The van der Waals surface area contributed by atoms with E-state index in [4.69, 9.17) is 28.6 Å². The molecule has 0 aliphatic rings. The monoisotopic (exact) mass is 1310 g/mol. The molecule has 0 amide bonds. The van der Waals surface area contributed by atoms with E-state index in [0.29, 0.717) is 34.4 Å². The van der Waals surface area contributed by atoms with Gasteiger partial charge in [0, 0.05) is 59.8 Å². The van der Waals surface area contributed by atoms with Crippen molar-refractivity contribution in [3.8, 4) is 95.7 Å². The Balaban J connectivity index is 0.978. The number of benzene rings is 15. The van der Waals surface area contributed by atoms with E-state index in [9.17, 15) is 6.57 Å². The lowest BCUT2D eigenvalue weighted by Gasteiger charge is -2.26. The first kappa shape index (κ1) is 57.8. The van der Waals surface area contributed by atoms with Gasteiger partial charge in [-0.15, -0.1) is 0 Å². The highest BCUT2D eigenvalue weighted by atomic mass is 16.3. The third-order valence-corrected chi connectivity index (χ3v) is 20.7. The van der Waals surface area contributed by atoms with Gasteiger partial charge in [0.1, 0.15) is 22.3 Å². The SMILES string of the molecule is [C-]#[N+]c1cc(-c2nc(-c3ccccc3)nc(-c3ccccc3)n2)c(-n2c3ccc(-c4ccccc4)cc3c3c4oc5ccc(-c6ccccc6)cc5c4ccc32)c(-n2c3ccccc3c3ccccc32)c1-n1c2ccc(-c3ccccc3)cc2c2c3oc4ccc(-c5ccccc5)cc4c3ccc21. The molecule has 103 heavy (non-hydrogen) atoms. The van der Waals surface area contributed by atoms with Crippen molar-refractivity contribution in [3.63, 3.8) is 0 Å². The number of furan rings is 2. The zero-order valence-corrected chi connectivity index (χ0v) is 55.2. The molecule has 0 saturated heterocycles. The molecule has 0 radical (unpaired) electrons. The number of hydrogen-bond donors (Lipinski definition) is 0. The lowest BCUT2D eigenvalue weighted by molar-refractivity contribution is 0.672. The Hall–Kier alpha value is -14.2. The first-order valence-corrected chi connectivity index (χ1v) is 34.6. The van der Waals surface area contributed by atoms with E-state index in [0.717, 1.165) is 176 Å². The summed E-state index contributed by atoms with van der Waals surface area (Å²) in [6.07, 6.45) is 0. The van der Waals surface area contributed by atoms with Crippen molar-refractivity contribution >= 4 is 115 Å². The van der Waals surface area contributed by atoms with Gasteiger partial charge in [0.2, 0.25) is 5.69 Å². The number of hydrogen-bond acceptors (Lipinski definition) is 5. The second-order valence-electron chi connectivity index (χ2n) is 26.4. The van der Waals surface area contributed by atoms with Gasteiger partial charge in [-0.2, -0.15) is 0 Å². The molecule has 9 nitrogen and oxygen atoms in total. The van der Waals surface area contributed by atoms with Crippen LogP contribution in [-0.4, -0.2) is 28.7 Å². The van der Waals surface area contributed by atoms with E-state index >= 15 is 0 Å². The highest BCUT2D eigenvalue weighted by molar-refractivity contribution is 6.27. The maximum absolute atomic E-state index is 9.94. The minimum absolute atomic E-state index is 0.364. The van der Waals surface area contributed by atoms with Crippen molar-refractivity contribution in [2.75, 3.05) is 0 Å². The third kappa shape index (κ3) is 9.01. The Labute approximate surface area is 589 Å². The molecule has 0 bridgehead atoms. The second-order valence-corrected chi connectivity index (χ2v) is 26.4. The second kappa shape index (κ2) is 22.9. The van der Waals surface area contributed by atoms with Gasteiger partial charge in [-0.05, 0) is 136 Å². The molecule has 0 aliphatic carbocycles. The predicted octanol–water partition coefficient (Wildman–Crippen LogP) is 25.2. The molecule has 21 rings (SSSR count). The average Bonchev–Trinajstić information content (AvgIpc) is 1.57. The molecule has 478 valence electrons. The Morgan fingerprint density at radius 1 is 0.243 bits per heavy atom. The van der Waals surface area contributed by atoms with Gasteiger partial charge in [0.15, 0.2) is 17.5 Å². The largest absolute Gasteiger partial charge is 0.455 e. The molecule has 0 unspecified atom stereocenters. The van der Waals surface area contributed by atoms with Crippen LogP contribution in [0.5, 0.6) is 0 Å². The van der Waals surface area contributed by atoms with Gasteiger partial charge in [-0.25, -0.2) is 19.8 Å². The number of para-hydroxylation sites is 2. The highest BCUT2D eigenvalue weighted by Crippen LogP contribution is 2.53. The number of fused-ring (bicyclic) bond motifs is 17. The van der Waals surface area contributed by atoms with Crippen LogP contribution in [0.15, 0.2) is 342 Å². The van der Waals surface area contributed by atoms with Crippen LogP contribution < -0.4 is 0 Å². The van der Waals surface area contributed by atoms with Crippen LogP contribution in [0.1, 0.15) is 0 Å². The molecule has 15 aromatic carbocycles. The average molecular weight is 1310 g/mol. The summed E-state index contributed by atoms with van der Waals surface area (Å²) >= 11 is 0. The summed E-state index contributed by atoms with van der Waals surface area (Å²) in [5.41, 5.74) is 21.8. The molecule has 6 heterocycles. The molecule has 21 aromatic rings. The third-order valence-electron chi connectivity index (χ3n) is 20.7. The van der Waals surface area contributed by atoms with Crippen LogP contribution in [0.3, 0.4) is 0 Å². The van der Waals surface area contributed by atoms with E-state index in [-0.39, 0.29) is 0 Å². The van der Waals surface area contributed by atoms with Crippen molar-refractivity contribution < 1.29 is 8.83 Å². The Morgan fingerprint density at radius 3 is 0.990 bits per heavy atom. The summed E-state index contributed by atoms with van der Waals surface area (Å²) in [5.74, 6) is 1.35. The maximum atomic E-state index is 9.94. The molecule has 6 aromatic heterocycles. The fourth-order valence-electron chi connectivity index (χ4n) is 16.0. The Kier molecular flexibility index (Phi) is 12.9. The zero-order valence-electron chi connectivity index (χ0n) is 55.2. The number of rotatable bonds is 10. The zero-order chi connectivity index (χ0) is 67.8. The Bertz CT molecular complexity index is 6980. The van der Waals surface area contributed by atoms with Crippen molar-refractivity contribution in [1.82, 2.24) is 28.7 Å². The summed E-state index contributed by atoms with van der Waals surface area (Å²) in [6, 6.07) is 117. The highest BCUT2D eigenvalue weighted by Gasteiger charge is 2.33. The smallest absolute Gasteiger partial charge is 0.213 e. The lowest BCUT2D eigenvalue weighted by atomic mass is 10.0. The van der Waals surface area contributed by atoms with Gasteiger partial charge >= 0.3 is 0 Å². The maximum Gasteiger partial charge on any atom is 0.213 e. The van der Waals surface area contributed by atoms with Crippen LogP contribution in [0.4, 0.5) is 5.69 Å². The van der Waals surface area contributed by atoms with Gasteiger partial charge in [-0.1, -0.05) is 243 Å². The van der Waals surface area contributed by atoms with Crippen LogP contribution in [0.25, 0.3) is 210 Å². The summed E-state index contributed by atoms with van der Waals surface area (Å²) < 4.78 is 21.8. The van der Waals surface area contributed by atoms with Crippen LogP contribution in [0, 0.1) is 6.57 Å². The summed E-state index contributed by atoms with van der Waals surface area (Å²) in [5, 5.41) is 9.87. The van der Waals surface area contributed by atoms with Crippen molar-refractivity contribution in [1.29, 1.82) is 0 Å². The predicted molar refractivity (Wildman–Crippen MR) is 422 cm³/mol. The van der Waals surface area contributed by atoms with Crippen LogP contribution in [-0.2, 0) is 0 Å². The molecule has 9 heteroatoms. The van der Waals surface area contributed by atoms with Crippen molar-refractivity contribution in [3.05, 3.63) is 345 Å². The van der Waals surface area contributed by atoms with E-state index in [1.807, 2.05) is 66.7 Å². The normalized spacial score (nSPS) is 11.9. The molecule has 0 fully saturated rings.